The molecule has 0 N–H and O–H groups in total. The third kappa shape index (κ3) is 2.04. The maximum absolute atomic E-state index is 11.6. The minimum Gasteiger partial charge on any atom is -0.408 e. The minimum atomic E-state index is -0.442. The highest BCUT2D eigenvalue weighted by Crippen LogP contribution is 2.17. The zero-order valence-electron chi connectivity index (χ0n) is 8.54. The van der Waals surface area contributed by atoms with Gasteiger partial charge < -0.3 is 4.74 Å². The van der Waals surface area contributed by atoms with Gasteiger partial charge in [0.2, 0.25) is 5.88 Å². The molecule has 0 aliphatic carbocycles. The van der Waals surface area contributed by atoms with E-state index in [4.69, 9.17) is 4.74 Å². The van der Waals surface area contributed by atoms with Crippen molar-refractivity contribution in [1.29, 1.82) is 0 Å². The van der Waals surface area contributed by atoms with Crippen LogP contribution in [0.4, 0.5) is 0 Å². The zero-order chi connectivity index (χ0) is 11.5. The molecular weight excluding hydrogens is 226 g/mol. The molecule has 0 aliphatic rings. The molecule has 0 radical (unpaired) electrons. The molecule has 2 rings (SSSR count). The molecule has 0 aliphatic heterocycles. The predicted molar refractivity (Wildman–Crippen MR) is 61.2 cm³/mol. The summed E-state index contributed by atoms with van der Waals surface area (Å²) in [5.41, 5.74) is 0.685. The normalized spacial score (nSPS) is 10.1. The van der Waals surface area contributed by atoms with Crippen molar-refractivity contribution in [3.8, 4) is 11.6 Å². The topological polar surface area (TPSA) is 48.3 Å². The first kappa shape index (κ1) is 10.6. The fourth-order valence-corrected chi connectivity index (χ4v) is 1.98. The van der Waals surface area contributed by atoms with Crippen LogP contribution in [-0.2, 0) is 4.79 Å². The summed E-state index contributed by atoms with van der Waals surface area (Å²) >= 11 is 0.998. The quantitative estimate of drug-likeness (QED) is 0.746. The van der Waals surface area contributed by atoms with E-state index in [1.807, 2.05) is 18.2 Å². The van der Waals surface area contributed by atoms with Crippen LogP contribution in [0.15, 0.2) is 40.5 Å². The van der Waals surface area contributed by atoms with Crippen molar-refractivity contribution in [3.05, 3.63) is 45.4 Å². The number of rotatable bonds is 2. The highest BCUT2D eigenvalue weighted by atomic mass is 32.1. The van der Waals surface area contributed by atoms with Crippen LogP contribution in [0, 0.1) is 0 Å². The summed E-state index contributed by atoms with van der Waals surface area (Å²) < 4.78 is 6.32. The Kier molecular flexibility index (Phi) is 2.87. The second kappa shape index (κ2) is 4.32. The van der Waals surface area contributed by atoms with E-state index in [-0.39, 0.29) is 10.8 Å². The van der Waals surface area contributed by atoms with Gasteiger partial charge in [0.15, 0.2) is 0 Å². The first-order valence-corrected chi connectivity index (χ1v) is 5.51. The molecule has 1 aromatic carbocycles. The zero-order valence-corrected chi connectivity index (χ0v) is 9.36. The van der Waals surface area contributed by atoms with E-state index in [1.165, 1.54) is 16.9 Å². The van der Waals surface area contributed by atoms with Gasteiger partial charge in [0.25, 0.3) is 0 Å². The maximum atomic E-state index is 11.6. The molecule has 0 saturated heterocycles. The van der Waals surface area contributed by atoms with Crippen molar-refractivity contribution in [3.63, 3.8) is 0 Å². The summed E-state index contributed by atoms with van der Waals surface area (Å²) in [6, 6.07) is 9.04. The van der Waals surface area contributed by atoms with Gasteiger partial charge in [-0.25, -0.2) is 4.57 Å². The molecule has 1 aromatic heterocycles. The van der Waals surface area contributed by atoms with Crippen molar-refractivity contribution in [2.24, 2.45) is 0 Å². The second-order valence-electron chi connectivity index (χ2n) is 3.10. The molecule has 16 heavy (non-hydrogen) atoms. The summed E-state index contributed by atoms with van der Waals surface area (Å²) in [7, 11) is 0. The number of carbonyl (C=O) groups excluding carboxylic acids is 1. The van der Waals surface area contributed by atoms with Crippen LogP contribution in [0.25, 0.3) is 5.69 Å². The fourth-order valence-electron chi connectivity index (χ4n) is 1.32. The summed E-state index contributed by atoms with van der Waals surface area (Å²) in [4.78, 5) is 22.3. The molecule has 4 nitrogen and oxygen atoms in total. The number of hydrogen-bond acceptors (Lipinski definition) is 4. The summed E-state index contributed by atoms with van der Waals surface area (Å²) in [5.74, 6) is -0.184. The number of hydrogen-bond donors (Lipinski definition) is 0. The predicted octanol–water partition coefficient (Wildman–Crippen LogP) is 1.82. The van der Waals surface area contributed by atoms with Crippen molar-refractivity contribution in [2.45, 2.75) is 6.92 Å². The van der Waals surface area contributed by atoms with Gasteiger partial charge in [-0.2, -0.15) is 0 Å². The van der Waals surface area contributed by atoms with E-state index < -0.39 is 5.97 Å². The van der Waals surface area contributed by atoms with Gasteiger partial charge in [0.1, 0.15) is 0 Å². The van der Waals surface area contributed by atoms with Crippen LogP contribution in [0.2, 0.25) is 0 Å². The number of carbonyl (C=O) groups is 1. The molecule has 2 aromatic rings. The number of thiazole rings is 1. The van der Waals surface area contributed by atoms with Gasteiger partial charge in [-0.3, -0.25) is 9.59 Å². The highest BCUT2D eigenvalue weighted by molar-refractivity contribution is 7.07. The molecule has 82 valence electrons. The van der Waals surface area contributed by atoms with Crippen molar-refractivity contribution >= 4 is 17.3 Å². The van der Waals surface area contributed by atoms with Gasteiger partial charge in [-0.05, 0) is 12.1 Å². The Labute approximate surface area is 95.7 Å². The van der Waals surface area contributed by atoms with E-state index in [1.54, 1.807) is 12.1 Å². The molecule has 0 unspecified atom stereocenters. The molecule has 0 atom stereocenters. The Hall–Kier alpha value is -1.88. The Bertz CT molecular complexity index is 556. The van der Waals surface area contributed by atoms with Crippen LogP contribution in [0.1, 0.15) is 6.92 Å². The smallest absolute Gasteiger partial charge is 0.314 e. The summed E-state index contributed by atoms with van der Waals surface area (Å²) in [5, 5.41) is 1.52. The molecule has 1 heterocycles. The summed E-state index contributed by atoms with van der Waals surface area (Å²) in [6.07, 6.45) is 0. The Balaban J connectivity index is 2.52. The van der Waals surface area contributed by atoms with Crippen molar-refractivity contribution in [1.82, 2.24) is 4.57 Å². The first-order valence-electron chi connectivity index (χ1n) is 4.63. The van der Waals surface area contributed by atoms with Crippen LogP contribution in [-0.4, -0.2) is 10.5 Å². The number of benzene rings is 1. The van der Waals surface area contributed by atoms with Crippen LogP contribution in [0.3, 0.4) is 0 Å². The number of para-hydroxylation sites is 1. The Morgan fingerprint density at radius 1 is 1.31 bits per heavy atom. The monoisotopic (exact) mass is 235 g/mol. The fraction of sp³-hybridized carbons (Fsp3) is 0.0909. The van der Waals surface area contributed by atoms with Crippen molar-refractivity contribution in [2.75, 3.05) is 0 Å². The van der Waals surface area contributed by atoms with E-state index >= 15 is 0 Å². The molecule has 0 bridgehead atoms. The first-order chi connectivity index (χ1) is 7.68. The van der Waals surface area contributed by atoms with Crippen LogP contribution in [0.5, 0.6) is 5.88 Å². The van der Waals surface area contributed by atoms with Gasteiger partial charge >= 0.3 is 10.8 Å². The van der Waals surface area contributed by atoms with E-state index in [0.717, 1.165) is 11.3 Å². The molecular formula is C11H9NO3S. The van der Waals surface area contributed by atoms with Crippen LogP contribution < -0.4 is 9.61 Å². The molecule has 0 amide bonds. The second-order valence-corrected chi connectivity index (χ2v) is 3.93. The Morgan fingerprint density at radius 2 is 2.00 bits per heavy atom. The van der Waals surface area contributed by atoms with E-state index in [2.05, 4.69) is 0 Å². The minimum absolute atomic E-state index is 0.178. The SMILES string of the molecule is CC(=O)Oc1csc(=O)n1-c1ccccc1. The van der Waals surface area contributed by atoms with Crippen molar-refractivity contribution < 1.29 is 9.53 Å². The van der Waals surface area contributed by atoms with Gasteiger partial charge in [0, 0.05) is 6.92 Å². The van der Waals surface area contributed by atoms with Crippen LogP contribution >= 0.6 is 11.3 Å². The lowest BCUT2D eigenvalue weighted by molar-refractivity contribution is -0.132. The lowest BCUT2D eigenvalue weighted by atomic mass is 10.3. The number of nitrogens with zero attached hydrogens (tertiary/aromatic N) is 1. The number of ether oxygens (including phenoxy) is 1. The lowest BCUT2D eigenvalue weighted by Crippen LogP contribution is -2.14. The summed E-state index contributed by atoms with van der Waals surface area (Å²) in [6.45, 7) is 1.30. The van der Waals surface area contributed by atoms with E-state index in [9.17, 15) is 9.59 Å². The molecule has 0 saturated carbocycles. The molecule has 0 fully saturated rings. The molecule has 5 heteroatoms. The standard InChI is InChI=1S/C11H9NO3S/c1-8(13)15-10-7-16-11(14)12(10)9-5-3-2-4-6-9/h2-7H,1H3. The van der Waals surface area contributed by atoms with Gasteiger partial charge in [0.05, 0.1) is 11.1 Å². The third-order valence-electron chi connectivity index (χ3n) is 1.93. The Morgan fingerprint density at radius 3 is 2.62 bits per heavy atom. The third-order valence-corrected chi connectivity index (χ3v) is 2.63. The number of esters is 1. The maximum Gasteiger partial charge on any atom is 0.314 e. The largest absolute Gasteiger partial charge is 0.408 e. The van der Waals surface area contributed by atoms with E-state index in [0.29, 0.717) is 5.69 Å². The average molecular weight is 235 g/mol. The molecule has 0 spiro atoms. The number of aromatic nitrogens is 1. The lowest BCUT2D eigenvalue weighted by Gasteiger charge is -2.05. The van der Waals surface area contributed by atoms with Gasteiger partial charge in [-0.15, -0.1) is 0 Å². The highest BCUT2D eigenvalue weighted by Gasteiger charge is 2.11. The average Bonchev–Trinajstić information content (AvgIpc) is 2.60. The van der Waals surface area contributed by atoms with Gasteiger partial charge in [-0.1, -0.05) is 29.5 Å².